The van der Waals surface area contributed by atoms with Crippen LogP contribution in [-0.2, 0) is 0 Å². The SMILES string of the molecule is CC(C)c1cc(Nc2ccnc(N3CCCC(N)C3)n2)cc(C(C)C)c1C#N. The molecular formula is C22H30N6. The molecule has 3 N–H and O–H groups in total. The standard InChI is InChI=1S/C22H30N6/c1-14(2)18-10-17(11-19(15(3)4)20(18)12-23)26-21-7-8-25-22(27-21)28-9-5-6-16(24)13-28/h7-8,10-11,14-16H,5-6,9,13,24H2,1-4H3,(H,25,26,27). The average Bonchev–Trinajstić information content (AvgIpc) is 2.67. The lowest BCUT2D eigenvalue weighted by atomic mass is 9.88. The van der Waals surface area contributed by atoms with E-state index in [4.69, 9.17) is 10.7 Å². The highest BCUT2D eigenvalue weighted by molar-refractivity contribution is 5.64. The van der Waals surface area contributed by atoms with Crippen molar-refractivity contribution >= 4 is 17.5 Å². The summed E-state index contributed by atoms with van der Waals surface area (Å²) in [6.07, 6.45) is 3.89. The molecule has 0 radical (unpaired) electrons. The number of nitrogens with zero attached hydrogens (tertiary/aromatic N) is 4. The van der Waals surface area contributed by atoms with Crippen LogP contribution >= 0.6 is 0 Å². The summed E-state index contributed by atoms with van der Waals surface area (Å²) in [6.45, 7) is 10.2. The van der Waals surface area contributed by atoms with Crippen LogP contribution in [0.3, 0.4) is 0 Å². The molecule has 0 aliphatic carbocycles. The second-order valence-corrected chi connectivity index (χ2v) is 8.17. The third kappa shape index (κ3) is 4.42. The Morgan fingerprint density at radius 3 is 2.46 bits per heavy atom. The van der Waals surface area contributed by atoms with E-state index < -0.39 is 0 Å². The van der Waals surface area contributed by atoms with Crippen LogP contribution < -0.4 is 16.0 Å². The van der Waals surface area contributed by atoms with Crippen LogP contribution in [0.5, 0.6) is 0 Å². The number of benzene rings is 1. The average molecular weight is 379 g/mol. The van der Waals surface area contributed by atoms with Crippen molar-refractivity contribution in [3.63, 3.8) is 0 Å². The minimum atomic E-state index is 0.176. The fourth-order valence-electron chi connectivity index (χ4n) is 3.71. The van der Waals surface area contributed by atoms with Crippen molar-refractivity contribution < 1.29 is 0 Å². The lowest BCUT2D eigenvalue weighted by Crippen LogP contribution is -2.43. The van der Waals surface area contributed by atoms with Crippen LogP contribution in [0.25, 0.3) is 0 Å². The number of piperidine rings is 1. The third-order valence-corrected chi connectivity index (χ3v) is 5.21. The highest BCUT2D eigenvalue weighted by atomic mass is 15.3. The zero-order valence-corrected chi connectivity index (χ0v) is 17.2. The van der Waals surface area contributed by atoms with Crippen molar-refractivity contribution in [2.75, 3.05) is 23.3 Å². The Morgan fingerprint density at radius 1 is 1.21 bits per heavy atom. The highest BCUT2D eigenvalue weighted by Gasteiger charge is 2.20. The molecule has 28 heavy (non-hydrogen) atoms. The quantitative estimate of drug-likeness (QED) is 0.807. The zero-order chi connectivity index (χ0) is 20.3. The van der Waals surface area contributed by atoms with Gasteiger partial charge in [-0.1, -0.05) is 27.7 Å². The fraction of sp³-hybridized carbons (Fsp3) is 0.500. The van der Waals surface area contributed by atoms with E-state index in [0.717, 1.165) is 54.1 Å². The van der Waals surface area contributed by atoms with E-state index in [9.17, 15) is 5.26 Å². The van der Waals surface area contributed by atoms with Crippen molar-refractivity contribution in [2.45, 2.75) is 58.4 Å². The maximum Gasteiger partial charge on any atom is 0.227 e. The predicted octanol–water partition coefficient (Wildman–Crippen LogP) is 4.27. The van der Waals surface area contributed by atoms with E-state index in [1.807, 2.05) is 6.07 Å². The molecule has 0 amide bonds. The number of hydrogen-bond acceptors (Lipinski definition) is 6. The van der Waals surface area contributed by atoms with E-state index in [1.54, 1.807) is 6.20 Å². The summed E-state index contributed by atoms with van der Waals surface area (Å²) in [5.74, 6) is 2.00. The summed E-state index contributed by atoms with van der Waals surface area (Å²) in [5.41, 5.74) is 9.97. The van der Waals surface area contributed by atoms with Gasteiger partial charge in [-0.2, -0.15) is 10.2 Å². The van der Waals surface area contributed by atoms with Gasteiger partial charge in [0, 0.05) is 31.0 Å². The first-order valence-corrected chi connectivity index (χ1v) is 10.1. The molecule has 1 fully saturated rings. The van der Waals surface area contributed by atoms with E-state index in [2.05, 4.69) is 61.1 Å². The Hall–Kier alpha value is -2.65. The molecule has 1 aliphatic heterocycles. The Kier molecular flexibility index (Phi) is 6.15. The summed E-state index contributed by atoms with van der Waals surface area (Å²) in [5, 5.41) is 13.1. The maximum absolute atomic E-state index is 9.67. The largest absolute Gasteiger partial charge is 0.340 e. The van der Waals surface area contributed by atoms with Crippen molar-refractivity contribution in [3.05, 3.63) is 41.1 Å². The Labute approximate surface area is 167 Å². The molecule has 1 aliphatic rings. The Balaban J connectivity index is 1.91. The van der Waals surface area contributed by atoms with Crippen molar-refractivity contribution in [1.29, 1.82) is 5.26 Å². The number of nitriles is 1. The van der Waals surface area contributed by atoms with E-state index in [0.29, 0.717) is 5.95 Å². The molecule has 3 rings (SSSR count). The number of rotatable bonds is 5. The summed E-state index contributed by atoms with van der Waals surface area (Å²) >= 11 is 0. The smallest absolute Gasteiger partial charge is 0.227 e. The molecular weight excluding hydrogens is 348 g/mol. The second kappa shape index (κ2) is 8.57. The van der Waals surface area contributed by atoms with Crippen LogP contribution in [0.1, 0.15) is 69.1 Å². The summed E-state index contributed by atoms with van der Waals surface area (Å²) in [4.78, 5) is 11.3. The van der Waals surface area contributed by atoms with Crippen LogP contribution in [0, 0.1) is 11.3 Å². The maximum atomic E-state index is 9.67. The highest BCUT2D eigenvalue weighted by Crippen LogP contribution is 2.32. The number of aromatic nitrogens is 2. The summed E-state index contributed by atoms with van der Waals surface area (Å²) < 4.78 is 0. The molecule has 0 bridgehead atoms. The molecule has 1 unspecified atom stereocenters. The summed E-state index contributed by atoms with van der Waals surface area (Å²) in [7, 11) is 0. The number of anilines is 3. The number of nitrogens with two attached hydrogens (primary N) is 1. The molecule has 2 aromatic rings. The van der Waals surface area contributed by atoms with Crippen LogP contribution in [0.2, 0.25) is 0 Å². The first-order chi connectivity index (χ1) is 13.4. The van der Waals surface area contributed by atoms with Gasteiger partial charge in [0.15, 0.2) is 0 Å². The van der Waals surface area contributed by atoms with Crippen molar-refractivity contribution in [3.8, 4) is 6.07 Å². The molecule has 1 aromatic carbocycles. The fourth-order valence-corrected chi connectivity index (χ4v) is 3.71. The Morgan fingerprint density at radius 2 is 1.89 bits per heavy atom. The van der Waals surface area contributed by atoms with Gasteiger partial charge in [0.1, 0.15) is 5.82 Å². The molecule has 6 heteroatoms. The normalized spacial score (nSPS) is 17.1. The van der Waals surface area contributed by atoms with Crippen molar-refractivity contribution in [1.82, 2.24) is 9.97 Å². The first-order valence-electron chi connectivity index (χ1n) is 10.1. The van der Waals surface area contributed by atoms with Gasteiger partial charge in [0.25, 0.3) is 0 Å². The van der Waals surface area contributed by atoms with Gasteiger partial charge in [0.2, 0.25) is 5.95 Å². The summed E-state index contributed by atoms with van der Waals surface area (Å²) in [6, 6.07) is 8.57. The number of nitrogens with one attached hydrogen (secondary N) is 1. The number of hydrogen-bond donors (Lipinski definition) is 2. The monoisotopic (exact) mass is 378 g/mol. The van der Waals surface area contributed by atoms with Crippen LogP contribution in [-0.4, -0.2) is 29.1 Å². The molecule has 148 valence electrons. The second-order valence-electron chi connectivity index (χ2n) is 8.17. The van der Waals surface area contributed by atoms with Crippen LogP contribution in [0.4, 0.5) is 17.5 Å². The minimum absolute atomic E-state index is 0.176. The van der Waals surface area contributed by atoms with E-state index in [-0.39, 0.29) is 17.9 Å². The zero-order valence-electron chi connectivity index (χ0n) is 17.2. The van der Waals surface area contributed by atoms with Gasteiger partial charge in [-0.3, -0.25) is 0 Å². The van der Waals surface area contributed by atoms with E-state index >= 15 is 0 Å². The molecule has 0 saturated carbocycles. The minimum Gasteiger partial charge on any atom is -0.340 e. The van der Waals surface area contributed by atoms with Gasteiger partial charge in [-0.05, 0) is 54.0 Å². The van der Waals surface area contributed by atoms with Crippen LogP contribution in [0.15, 0.2) is 24.4 Å². The Bertz CT molecular complexity index is 839. The third-order valence-electron chi connectivity index (χ3n) is 5.21. The molecule has 1 atom stereocenters. The lowest BCUT2D eigenvalue weighted by molar-refractivity contribution is 0.500. The van der Waals surface area contributed by atoms with E-state index in [1.165, 1.54) is 0 Å². The molecule has 0 spiro atoms. The lowest BCUT2D eigenvalue weighted by Gasteiger charge is -2.30. The van der Waals surface area contributed by atoms with Gasteiger partial charge < -0.3 is 16.0 Å². The van der Waals surface area contributed by atoms with Gasteiger partial charge in [-0.15, -0.1) is 0 Å². The predicted molar refractivity (Wildman–Crippen MR) is 114 cm³/mol. The topological polar surface area (TPSA) is 90.9 Å². The van der Waals surface area contributed by atoms with Gasteiger partial charge in [0.05, 0.1) is 11.6 Å². The van der Waals surface area contributed by atoms with Gasteiger partial charge >= 0.3 is 0 Å². The molecule has 1 aromatic heterocycles. The van der Waals surface area contributed by atoms with Gasteiger partial charge in [-0.25, -0.2) is 4.98 Å². The first kappa shape index (κ1) is 20.1. The van der Waals surface area contributed by atoms with Crippen molar-refractivity contribution in [2.24, 2.45) is 5.73 Å². The molecule has 1 saturated heterocycles. The molecule has 6 nitrogen and oxygen atoms in total. The molecule has 2 heterocycles.